The number of fused-ring (bicyclic) bond motifs is 2. The molecule has 2 aliphatic heterocycles. The van der Waals surface area contributed by atoms with Gasteiger partial charge in [-0.15, -0.1) is 0 Å². The van der Waals surface area contributed by atoms with E-state index < -0.39 is 0 Å². The van der Waals surface area contributed by atoms with Crippen LogP contribution < -0.4 is 24.3 Å². The van der Waals surface area contributed by atoms with Gasteiger partial charge in [0.05, 0.1) is 35.3 Å². The summed E-state index contributed by atoms with van der Waals surface area (Å²) in [6.07, 6.45) is 2.53. The van der Waals surface area contributed by atoms with Crippen LogP contribution in [0.5, 0.6) is 23.0 Å². The minimum atomic E-state index is -0.281. The number of amides is 2. The molecular formula is C36H38Cl3N3O6. The fourth-order valence-electron chi connectivity index (χ4n) is 6.39. The number of piperazine rings is 1. The molecule has 3 aromatic rings. The molecule has 2 atom stereocenters. The van der Waals surface area contributed by atoms with Gasteiger partial charge in [0.25, 0.3) is 5.91 Å². The highest BCUT2D eigenvalue weighted by atomic mass is 35.5. The number of hydrogen-bond acceptors (Lipinski definition) is 7. The van der Waals surface area contributed by atoms with E-state index in [9.17, 15) is 9.59 Å². The lowest BCUT2D eigenvalue weighted by Gasteiger charge is -2.44. The lowest BCUT2D eigenvalue weighted by atomic mass is 9.82. The Hall–Kier alpha value is -3.63. The molecule has 1 N–H and O–H groups in total. The van der Waals surface area contributed by atoms with Gasteiger partial charge in [0.15, 0.2) is 11.5 Å². The standard InChI is InChI=1S/C36H38Cl3N3O6/c1-21(43)41-19-24-15-27(23-5-9-26(10-6-23)47-12-13-48-33-17-29(38)28(37)16-30(33)39)35(31(20-41)40-24)36(44)42(25-7-8-25)18-22-4-11-32(45-2)34(14-22)46-3/h4-6,9-11,14,16-17,24-25,31,40H,7-8,12-13,15,18-20H2,1-3H3/t24-,31-/m1/s1. The Labute approximate surface area is 295 Å². The van der Waals surface area contributed by atoms with Crippen molar-refractivity contribution in [2.24, 2.45) is 0 Å². The molecule has 2 bridgehead atoms. The van der Waals surface area contributed by atoms with Crippen LogP contribution in [0.1, 0.15) is 37.3 Å². The number of nitrogens with one attached hydrogen (secondary N) is 1. The molecule has 1 saturated heterocycles. The Bertz CT molecular complexity index is 1710. The van der Waals surface area contributed by atoms with Crippen LogP contribution in [0.2, 0.25) is 15.1 Å². The smallest absolute Gasteiger partial charge is 0.252 e. The molecule has 12 heteroatoms. The molecule has 3 aliphatic rings. The zero-order chi connectivity index (χ0) is 33.9. The summed E-state index contributed by atoms with van der Waals surface area (Å²) in [4.78, 5) is 30.9. The van der Waals surface area contributed by atoms with Crippen LogP contribution in [0.25, 0.3) is 5.57 Å². The molecule has 2 fully saturated rings. The maximum Gasteiger partial charge on any atom is 0.252 e. The van der Waals surface area contributed by atoms with Crippen molar-refractivity contribution < 1.29 is 28.5 Å². The highest BCUT2D eigenvalue weighted by Gasteiger charge is 2.43. The molecule has 0 radical (unpaired) electrons. The third kappa shape index (κ3) is 7.65. The largest absolute Gasteiger partial charge is 0.493 e. The third-order valence-electron chi connectivity index (χ3n) is 8.92. The van der Waals surface area contributed by atoms with Crippen LogP contribution in [0, 0.1) is 0 Å². The van der Waals surface area contributed by atoms with E-state index in [1.54, 1.807) is 33.3 Å². The zero-order valence-electron chi connectivity index (χ0n) is 27.1. The Morgan fingerprint density at radius 3 is 2.25 bits per heavy atom. The molecule has 6 rings (SSSR count). The van der Waals surface area contributed by atoms with Crippen LogP contribution in [0.4, 0.5) is 0 Å². The molecule has 0 aromatic heterocycles. The van der Waals surface area contributed by atoms with Crippen molar-refractivity contribution in [1.29, 1.82) is 0 Å². The van der Waals surface area contributed by atoms with Crippen LogP contribution in [0.3, 0.4) is 0 Å². The summed E-state index contributed by atoms with van der Waals surface area (Å²) in [6, 6.07) is 16.6. The quantitative estimate of drug-likeness (QED) is 0.166. The van der Waals surface area contributed by atoms with Crippen LogP contribution in [-0.2, 0) is 16.1 Å². The number of hydrogen-bond donors (Lipinski definition) is 1. The van der Waals surface area contributed by atoms with Crippen molar-refractivity contribution in [3.63, 3.8) is 0 Å². The van der Waals surface area contributed by atoms with Gasteiger partial charge in [0, 0.05) is 50.3 Å². The van der Waals surface area contributed by atoms with Gasteiger partial charge >= 0.3 is 0 Å². The first-order valence-electron chi connectivity index (χ1n) is 15.9. The molecule has 3 aromatic carbocycles. The van der Waals surface area contributed by atoms with Gasteiger partial charge in [0.2, 0.25) is 5.91 Å². The normalized spacial score (nSPS) is 18.8. The lowest BCUT2D eigenvalue weighted by Crippen LogP contribution is -2.61. The summed E-state index contributed by atoms with van der Waals surface area (Å²) in [5, 5.41) is 4.74. The predicted octanol–water partition coefficient (Wildman–Crippen LogP) is 6.66. The molecule has 2 heterocycles. The molecule has 9 nitrogen and oxygen atoms in total. The predicted molar refractivity (Wildman–Crippen MR) is 187 cm³/mol. The van der Waals surface area contributed by atoms with E-state index in [4.69, 9.17) is 53.8 Å². The minimum Gasteiger partial charge on any atom is -0.493 e. The van der Waals surface area contributed by atoms with Gasteiger partial charge in [0.1, 0.15) is 24.7 Å². The molecule has 1 aliphatic carbocycles. The Balaban J connectivity index is 1.23. The Kier molecular flexibility index (Phi) is 10.6. The molecule has 2 amide bonds. The van der Waals surface area contributed by atoms with E-state index in [0.717, 1.165) is 29.5 Å². The lowest BCUT2D eigenvalue weighted by molar-refractivity contribution is -0.132. The van der Waals surface area contributed by atoms with Crippen molar-refractivity contribution in [2.45, 2.75) is 50.9 Å². The van der Waals surface area contributed by atoms with Crippen LogP contribution >= 0.6 is 34.8 Å². The number of benzene rings is 3. The minimum absolute atomic E-state index is 0.0120. The SMILES string of the molecule is COc1ccc(CN(C(=O)C2=C(c3ccc(OCCOc4cc(Cl)c(Cl)cc4Cl)cc3)C[C@@H]3CN(C(C)=O)C[C@H]2N3)C2CC2)cc1OC. The summed E-state index contributed by atoms with van der Waals surface area (Å²) in [7, 11) is 3.21. The Morgan fingerprint density at radius 2 is 1.56 bits per heavy atom. The summed E-state index contributed by atoms with van der Waals surface area (Å²) >= 11 is 18.3. The summed E-state index contributed by atoms with van der Waals surface area (Å²) in [5.41, 5.74) is 3.63. The zero-order valence-corrected chi connectivity index (χ0v) is 29.3. The molecule has 1 saturated carbocycles. The molecule has 48 heavy (non-hydrogen) atoms. The number of carbonyl (C=O) groups is 2. The highest BCUT2D eigenvalue weighted by Crippen LogP contribution is 2.39. The van der Waals surface area contributed by atoms with Crippen molar-refractivity contribution in [3.8, 4) is 23.0 Å². The van der Waals surface area contributed by atoms with Gasteiger partial charge in [-0.1, -0.05) is 53.0 Å². The van der Waals surface area contributed by atoms with Crippen molar-refractivity contribution in [2.75, 3.05) is 40.5 Å². The van der Waals surface area contributed by atoms with Crippen molar-refractivity contribution >= 4 is 52.2 Å². The average Bonchev–Trinajstić information content (AvgIpc) is 3.93. The van der Waals surface area contributed by atoms with E-state index in [1.165, 1.54) is 0 Å². The first-order valence-corrected chi connectivity index (χ1v) is 17.1. The second-order valence-electron chi connectivity index (χ2n) is 12.2. The number of rotatable bonds is 12. The van der Waals surface area contributed by atoms with E-state index in [1.807, 2.05) is 52.3 Å². The summed E-state index contributed by atoms with van der Waals surface area (Å²) in [6.45, 7) is 3.60. The fourth-order valence-corrected chi connectivity index (χ4v) is 6.98. The first-order chi connectivity index (χ1) is 23.1. The molecule has 0 spiro atoms. The highest BCUT2D eigenvalue weighted by molar-refractivity contribution is 6.43. The first kappa shape index (κ1) is 34.2. The number of nitrogens with zero attached hydrogens (tertiary/aromatic N) is 2. The third-order valence-corrected chi connectivity index (χ3v) is 9.93. The van der Waals surface area contributed by atoms with Gasteiger partial charge in [-0.3, -0.25) is 9.59 Å². The van der Waals surface area contributed by atoms with Gasteiger partial charge in [-0.05, 0) is 66.3 Å². The molecule has 0 unspecified atom stereocenters. The maximum atomic E-state index is 14.6. The monoisotopic (exact) mass is 713 g/mol. The van der Waals surface area contributed by atoms with E-state index >= 15 is 0 Å². The fraction of sp³-hybridized carbons (Fsp3) is 0.389. The number of ether oxygens (including phenoxy) is 4. The average molecular weight is 715 g/mol. The number of halogens is 3. The van der Waals surface area contributed by atoms with Gasteiger partial charge in [-0.25, -0.2) is 0 Å². The Morgan fingerprint density at radius 1 is 0.854 bits per heavy atom. The second kappa shape index (κ2) is 14.9. The topological polar surface area (TPSA) is 89.6 Å². The van der Waals surface area contributed by atoms with Crippen molar-refractivity contribution in [3.05, 3.63) is 86.4 Å². The van der Waals surface area contributed by atoms with E-state index in [2.05, 4.69) is 5.32 Å². The summed E-state index contributed by atoms with van der Waals surface area (Å²) in [5.74, 6) is 2.36. The maximum absolute atomic E-state index is 14.6. The van der Waals surface area contributed by atoms with Gasteiger partial charge < -0.3 is 34.1 Å². The number of methoxy groups -OCH3 is 2. The van der Waals surface area contributed by atoms with Crippen molar-refractivity contribution in [1.82, 2.24) is 15.1 Å². The van der Waals surface area contributed by atoms with Crippen LogP contribution in [-0.4, -0.2) is 80.3 Å². The van der Waals surface area contributed by atoms with E-state index in [-0.39, 0.29) is 43.2 Å². The molecule has 254 valence electrons. The van der Waals surface area contributed by atoms with Gasteiger partial charge in [-0.2, -0.15) is 0 Å². The van der Waals surface area contributed by atoms with E-state index in [0.29, 0.717) is 69.7 Å². The second-order valence-corrected chi connectivity index (χ2v) is 13.4. The van der Waals surface area contributed by atoms with Crippen LogP contribution in [0.15, 0.2) is 60.2 Å². The number of carbonyl (C=O) groups excluding carboxylic acids is 2. The molecular weight excluding hydrogens is 677 g/mol. The summed E-state index contributed by atoms with van der Waals surface area (Å²) < 4.78 is 22.6.